The van der Waals surface area contributed by atoms with Crippen molar-refractivity contribution in [3.63, 3.8) is 0 Å². The number of rotatable bonds is 10. The highest BCUT2D eigenvalue weighted by Gasteiger charge is 2.17. The molecule has 2 N–H and O–H groups in total. The molecule has 33 heavy (non-hydrogen) atoms. The summed E-state index contributed by atoms with van der Waals surface area (Å²) in [6.45, 7) is 1.31. The second-order valence-corrected chi connectivity index (χ2v) is 8.30. The number of hydrogen-bond donors (Lipinski definition) is 2. The van der Waals surface area contributed by atoms with Crippen molar-refractivity contribution in [2.24, 2.45) is 0 Å². The van der Waals surface area contributed by atoms with Gasteiger partial charge in [0.05, 0.1) is 43.3 Å². The lowest BCUT2D eigenvalue weighted by Gasteiger charge is -2.15. The van der Waals surface area contributed by atoms with Crippen LogP contribution in [-0.2, 0) is 35.6 Å². The summed E-state index contributed by atoms with van der Waals surface area (Å²) in [5.41, 5.74) is 3.68. The first-order valence-electron chi connectivity index (χ1n) is 10.8. The van der Waals surface area contributed by atoms with Crippen LogP contribution in [0.3, 0.4) is 0 Å². The molecular formula is C26H26ClN3O3. The van der Waals surface area contributed by atoms with Gasteiger partial charge in [-0.15, -0.1) is 0 Å². The molecule has 1 heterocycles. The molecule has 0 saturated carbocycles. The summed E-state index contributed by atoms with van der Waals surface area (Å²) < 4.78 is 7.58. The van der Waals surface area contributed by atoms with E-state index in [1.54, 1.807) is 12.1 Å². The van der Waals surface area contributed by atoms with Crippen LogP contribution >= 0.6 is 11.6 Å². The number of halogens is 1. The van der Waals surface area contributed by atoms with E-state index >= 15 is 0 Å². The summed E-state index contributed by atoms with van der Waals surface area (Å²) in [5.74, 6) is 0.461. The molecule has 3 aromatic carbocycles. The van der Waals surface area contributed by atoms with Crippen molar-refractivity contribution in [1.29, 1.82) is 0 Å². The zero-order chi connectivity index (χ0) is 23.0. The highest BCUT2D eigenvalue weighted by molar-refractivity contribution is 6.30. The minimum Gasteiger partial charge on any atom is -0.389 e. The fraction of sp³-hybridized carbons (Fsp3) is 0.231. The number of ether oxygens (including phenoxy) is 1. The smallest absolute Gasteiger partial charge is 0.227 e. The van der Waals surface area contributed by atoms with E-state index in [0.29, 0.717) is 24.0 Å². The number of fused-ring (bicyclic) bond motifs is 1. The van der Waals surface area contributed by atoms with E-state index in [2.05, 4.69) is 10.3 Å². The Bertz CT molecular complexity index is 1190. The first kappa shape index (κ1) is 23.0. The zero-order valence-electron chi connectivity index (χ0n) is 18.2. The molecular weight excluding hydrogens is 438 g/mol. The van der Waals surface area contributed by atoms with Gasteiger partial charge in [0.15, 0.2) is 0 Å². The van der Waals surface area contributed by atoms with E-state index in [1.807, 2.05) is 71.3 Å². The molecule has 4 rings (SSSR count). The Morgan fingerprint density at radius 3 is 2.52 bits per heavy atom. The van der Waals surface area contributed by atoms with E-state index in [9.17, 15) is 9.90 Å². The fourth-order valence-electron chi connectivity index (χ4n) is 3.62. The van der Waals surface area contributed by atoms with Crippen LogP contribution in [0.4, 0.5) is 0 Å². The van der Waals surface area contributed by atoms with Crippen molar-refractivity contribution in [1.82, 2.24) is 14.9 Å². The molecule has 0 saturated heterocycles. The minimum atomic E-state index is -0.734. The lowest BCUT2D eigenvalue weighted by molar-refractivity contribution is -0.120. The standard InChI is InChI=1S/C26H26ClN3O3/c27-21-12-10-19(11-13-21)15-28-26(32)14-25-29-23-8-4-5-9-24(23)30(25)16-22(31)18-33-17-20-6-2-1-3-7-20/h1-13,22,31H,14-18H2,(H,28,32). The topological polar surface area (TPSA) is 76.4 Å². The number of aliphatic hydroxyl groups is 1. The minimum absolute atomic E-state index is 0.111. The Balaban J connectivity index is 1.39. The molecule has 0 aliphatic carbocycles. The van der Waals surface area contributed by atoms with Gasteiger partial charge in [0, 0.05) is 11.6 Å². The molecule has 0 aliphatic heterocycles. The van der Waals surface area contributed by atoms with Crippen molar-refractivity contribution in [3.8, 4) is 0 Å². The van der Waals surface area contributed by atoms with Crippen LogP contribution in [0.2, 0.25) is 5.02 Å². The molecule has 6 nitrogen and oxygen atoms in total. The fourth-order valence-corrected chi connectivity index (χ4v) is 3.75. The van der Waals surface area contributed by atoms with Crippen LogP contribution in [0.5, 0.6) is 0 Å². The third-order valence-electron chi connectivity index (χ3n) is 5.27. The maximum atomic E-state index is 12.6. The molecule has 0 bridgehead atoms. The number of aliphatic hydroxyl groups excluding tert-OH is 1. The van der Waals surface area contributed by atoms with Crippen LogP contribution in [0.1, 0.15) is 17.0 Å². The Morgan fingerprint density at radius 1 is 1.00 bits per heavy atom. The second-order valence-electron chi connectivity index (χ2n) is 7.86. The molecule has 0 spiro atoms. The van der Waals surface area contributed by atoms with E-state index in [4.69, 9.17) is 16.3 Å². The van der Waals surface area contributed by atoms with Gasteiger partial charge in [0.25, 0.3) is 0 Å². The number of para-hydroxylation sites is 2. The zero-order valence-corrected chi connectivity index (χ0v) is 18.9. The maximum absolute atomic E-state index is 12.6. The molecule has 7 heteroatoms. The Hall–Kier alpha value is -3.19. The Morgan fingerprint density at radius 2 is 1.73 bits per heavy atom. The molecule has 170 valence electrons. The highest BCUT2D eigenvalue weighted by atomic mass is 35.5. The van der Waals surface area contributed by atoms with E-state index in [1.165, 1.54) is 0 Å². The number of amides is 1. The van der Waals surface area contributed by atoms with Gasteiger partial charge in [-0.2, -0.15) is 0 Å². The first-order chi connectivity index (χ1) is 16.1. The quantitative estimate of drug-likeness (QED) is 0.371. The van der Waals surface area contributed by atoms with E-state index in [0.717, 1.165) is 22.2 Å². The van der Waals surface area contributed by atoms with Gasteiger partial charge < -0.3 is 19.7 Å². The number of nitrogens with zero attached hydrogens (tertiary/aromatic N) is 2. The molecule has 1 unspecified atom stereocenters. The summed E-state index contributed by atoms with van der Waals surface area (Å²) in [4.78, 5) is 17.3. The number of imidazole rings is 1. The molecule has 1 aromatic heterocycles. The largest absolute Gasteiger partial charge is 0.389 e. The predicted molar refractivity (Wildman–Crippen MR) is 129 cm³/mol. The Labute approximate surface area is 197 Å². The molecule has 0 fully saturated rings. The van der Waals surface area contributed by atoms with Crippen LogP contribution in [0, 0.1) is 0 Å². The van der Waals surface area contributed by atoms with Crippen molar-refractivity contribution >= 4 is 28.5 Å². The van der Waals surface area contributed by atoms with Gasteiger partial charge in [-0.1, -0.05) is 66.2 Å². The SMILES string of the molecule is O=C(Cc1nc2ccccc2n1CC(O)COCc1ccccc1)NCc1ccc(Cl)cc1. The maximum Gasteiger partial charge on any atom is 0.227 e. The monoisotopic (exact) mass is 463 g/mol. The van der Waals surface area contributed by atoms with Crippen LogP contribution in [-0.4, -0.2) is 33.3 Å². The Kier molecular flexibility index (Phi) is 7.73. The number of carbonyl (C=O) groups is 1. The predicted octanol–water partition coefficient (Wildman–Crippen LogP) is 4.13. The summed E-state index contributed by atoms with van der Waals surface area (Å²) in [6, 6.07) is 24.8. The van der Waals surface area contributed by atoms with Crippen LogP contribution in [0.25, 0.3) is 11.0 Å². The van der Waals surface area contributed by atoms with Gasteiger partial charge >= 0.3 is 0 Å². The summed E-state index contributed by atoms with van der Waals surface area (Å²) in [6.07, 6.45) is -0.623. The number of benzene rings is 3. The normalized spacial score (nSPS) is 12.1. The molecule has 0 radical (unpaired) electrons. The lowest BCUT2D eigenvalue weighted by atomic mass is 10.2. The van der Waals surface area contributed by atoms with E-state index < -0.39 is 6.10 Å². The second kappa shape index (κ2) is 11.1. The summed E-state index contributed by atoms with van der Waals surface area (Å²) in [7, 11) is 0. The van der Waals surface area contributed by atoms with E-state index in [-0.39, 0.29) is 25.5 Å². The van der Waals surface area contributed by atoms with Crippen molar-refractivity contribution in [2.45, 2.75) is 32.2 Å². The highest BCUT2D eigenvalue weighted by Crippen LogP contribution is 2.18. The van der Waals surface area contributed by atoms with Gasteiger partial charge in [0.2, 0.25) is 5.91 Å². The number of hydrogen-bond acceptors (Lipinski definition) is 4. The van der Waals surface area contributed by atoms with Gasteiger partial charge in [-0.25, -0.2) is 4.98 Å². The molecule has 4 aromatic rings. The summed E-state index contributed by atoms with van der Waals surface area (Å²) in [5, 5.41) is 14.2. The van der Waals surface area contributed by atoms with Crippen LogP contribution < -0.4 is 5.32 Å². The van der Waals surface area contributed by atoms with Gasteiger partial charge in [0.1, 0.15) is 5.82 Å². The number of aromatic nitrogens is 2. The molecule has 1 atom stereocenters. The number of carbonyl (C=O) groups excluding carboxylic acids is 1. The lowest BCUT2D eigenvalue weighted by Crippen LogP contribution is -2.28. The molecule has 1 amide bonds. The average molecular weight is 464 g/mol. The molecule has 0 aliphatic rings. The third kappa shape index (κ3) is 6.42. The number of nitrogens with one attached hydrogen (secondary N) is 1. The third-order valence-corrected chi connectivity index (χ3v) is 5.52. The van der Waals surface area contributed by atoms with Crippen molar-refractivity contribution in [2.75, 3.05) is 6.61 Å². The van der Waals surface area contributed by atoms with Crippen LogP contribution in [0.15, 0.2) is 78.9 Å². The van der Waals surface area contributed by atoms with Crippen molar-refractivity contribution in [3.05, 3.63) is 101 Å². The van der Waals surface area contributed by atoms with Gasteiger partial charge in [-0.05, 0) is 35.4 Å². The van der Waals surface area contributed by atoms with Crippen molar-refractivity contribution < 1.29 is 14.6 Å². The first-order valence-corrected chi connectivity index (χ1v) is 11.2. The van der Waals surface area contributed by atoms with Gasteiger partial charge in [-0.3, -0.25) is 4.79 Å². The average Bonchev–Trinajstić information content (AvgIpc) is 3.16. The summed E-state index contributed by atoms with van der Waals surface area (Å²) >= 11 is 5.91.